The maximum absolute atomic E-state index is 13.0. The Morgan fingerprint density at radius 2 is 1.62 bits per heavy atom. The minimum atomic E-state index is -1.74. The molecule has 10 heteroatoms. The third kappa shape index (κ3) is 3.46. The number of benzene rings is 2. The molecule has 2 aliphatic heterocycles. The first kappa shape index (κ1) is 22.3. The smallest absolute Gasteiger partial charge is 0.174 e. The second kappa shape index (κ2) is 8.23. The number of carbonyl (C=O) groups is 1. The zero-order valence-corrected chi connectivity index (χ0v) is 17.0. The summed E-state index contributed by atoms with van der Waals surface area (Å²) in [4.78, 5) is 13.0. The molecule has 0 unspecified atom stereocenters. The predicted molar refractivity (Wildman–Crippen MR) is 108 cm³/mol. The van der Waals surface area contributed by atoms with Crippen LogP contribution in [0.4, 0.5) is 0 Å². The van der Waals surface area contributed by atoms with E-state index in [1.807, 2.05) is 0 Å². The van der Waals surface area contributed by atoms with E-state index in [1.165, 1.54) is 19.1 Å². The van der Waals surface area contributed by atoms with Gasteiger partial charge in [0.25, 0.3) is 0 Å². The van der Waals surface area contributed by atoms with E-state index in [0.29, 0.717) is 5.56 Å². The molecule has 2 aromatic rings. The summed E-state index contributed by atoms with van der Waals surface area (Å²) in [5.41, 5.74) is 0.0863. The fourth-order valence-electron chi connectivity index (χ4n) is 4.17. The van der Waals surface area contributed by atoms with Gasteiger partial charge in [0.2, 0.25) is 0 Å². The average Bonchev–Trinajstić information content (AvgIpc) is 2.77. The number of Topliss-reactive ketones (excluding diaryl/α,β-unsaturated/α-hetero) is 1. The van der Waals surface area contributed by atoms with Crippen LogP contribution in [0.1, 0.15) is 45.7 Å². The van der Waals surface area contributed by atoms with Gasteiger partial charge in [0.15, 0.2) is 5.78 Å². The van der Waals surface area contributed by atoms with E-state index in [9.17, 15) is 40.5 Å². The van der Waals surface area contributed by atoms with E-state index in [0.717, 1.165) is 0 Å². The van der Waals surface area contributed by atoms with Crippen molar-refractivity contribution in [1.29, 1.82) is 0 Å². The van der Waals surface area contributed by atoms with E-state index in [-0.39, 0.29) is 34.6 Å². The van der Waals surface area contributed by atoms with Gasteiger partial charge in [-0.3, -0.25) is 4.79 Å². The van der Waals surface area contributed by atoms with Crippen molar-refractivity contribution in [3.63, 3.8) is 0 Å². The number of fused-ring (bicyclic) bond motifs is 1. The Labute approximate surface area is 182 Å². The Balaban J connectivity index is 1.86. The van der Waals surface area contributed by atoms with E-state index >= 15 is 0 Å². The first-order chi connectivity index (χ1) is 15.1. The highest BCUT2D eigenvalue weighted by molar-refractivity contribution is 6.04. The van der Waals surface area contributed by atoms with Crippen molar-refractivity contribution < 1.29 is 50.0 Å². The van der Waals surface area contributed by atoms with Gasteiger partial charge in [-0.15, -0.1) is 0 Å². The van der Waals surface area contributed by atoms with Crippen LogP contribution in [0.3, 0.4) is 0 Å². The van der Waals surface area contributed by atoms with Crippen LogP contribution >= 0.6 is 0 Å². The maximum atomic E-state index is 13.0. The van der Waals surface area contributed by atoms with Crippen molar-refractivity contribution in [1.82, 2.24) is 0 Å². The van der Waals surface area contributed by atoms with Gasteiger partial charge in [-0.25, -0.2) is 0 Å². The number of hydrogen-bond acceptors (Lipinski definition) is 10. The van der Waals surface area contributed by atoms with Gasteiger partial charge in [0, 0.05) is 5.56 Å². The minimum absolute atomic E-state index is 0.0178. The van der Waals surface area contributed by atoms with Crippen LogP contribution in [0.5, 0.6) is 23.0 Å². The lowest BCUT2D eigenvalue weighted by atomic mass is 9.85. The lowest BCUT2D eigenvalue weighted by Gasteiger charge is -2.41. The number of aliphatic hydroxyl groups excluding tert-OH is 4. The minimum Gasteiger partial charge on any atom is -0.508 e. The average molecular weight is 448 g/mol. The Kier molecular flexibility index (Phi) is 5.74. The summed E-state index contributed by atoms with van der Waals surface area (Å²) in [7, 11) is 0. The number of hydrogen-bond donors (Lipinski definition) is 7. The second-order valence-corrected chi connectivity index (χ2v) is 8.01. The van der Waals surface area contributed by atoms with Gasteiger partial charge >= 0.3 is 0 Å². The lowest BCUT2D eigenvalue weighted by Crippen LogP contribution is -2.55. The summed E-state index contributed by atoms with van der Waals surface area (Å²) in [6.07, 6.45) is -8.78. The summed E-state index contributed by atoms with van der Waals surface area (Å²) in [5, 5.41) is 71.2. The molecule has 6 atom stereocenters. The molecule has 4 rings (SSSR count). The van der Waals surface area contributed by atoms with Gasteiger partial charge in [-0.05, 0) is 24.6 Å². The third-order valence-corrected chi connectivity index (χ3v) is 6.03. The molecule has 32 heavy (non-hydrogen) atoms. The number of aliphatic hydroxyl groups is 4. The molecular formula is C22H24O10. The molecule has 2 aliphatic rings. The Morgan fingerprint density at radius 3 is 2.25 bits per heavy atom. The molecule has 7 N–H and O–H groups in total. The third-order valence-electron chi connectivity index (χ3n) is 6.03. The van der Waals surface area contributed by atoms with Crippen molar-refractivity contribution in [3.8, 4) is 23.0 Å². The van der Waals surface area contributed by atoms with E-state index < -0.39 is 60.5 Å². The molecule has 0 aliphatic carbocycles. The molecule has 1 fully saturated rings. The molecule has 0 radical (unpaired) electrons. The predicted octanol–water partition coefficient (Wildman–Crippen LogP) is 0.333. The number of phenols is 3. The highest BCUT2D eigenvalue weighted by Crippen LogP contribution is 2.52. The quantitative estimate of drug-likeness (QED) is 0.346. The SMILES string of the molecule is Cc1c(O)c2c(c([C@@H]3O[C@H](CO)[C@@H](O)[C@H](O)[C@H]3O)c1O)O[C@H](c1ccc(O)cc1)CC2=O. The van der Waals surface area contributed by atoms with Crippen molar-refractivity contribution in [3.05, 3.63) is 46.5 Å². The highest BCUT2D eigenvalue weighted by Gasteiger charge is 2.48. The van der Waals surface area contributed by atoms with Gasteiger partial charge in [-0.2, -0.15) is 0 Å². The van der Waals surface area contributed by atoms with Crippen molar-refractivity contribution in [2.75, 3.05) is 6.61 Å². The molecule has 0 saturated carbocycles. The molecule has 0 bridgehead atoms. The summed E-state index contributed by atoms with van der Waals surface area (Å²) >= 11 is 0. The summed E-state index contributed by atoms with van der Waals surface area (Å²) in [6.45, 7) is 0.676. The summed E-state index contributed by atoms with van der Waals surface area (Å²) < 4.78 is 11.6. The number of aromatic hydroxyl groups is 3. The van der Waals surface area contributed by atoms with Gasteiger partial charge in [-0.1, -0.05) is 12.1 Å². The van der Waals surface area contributed by atoms with Gasteiger partial charge in [0.05, 0.1) is 18.6 Å². The van der Waals surface area contributed by atoms with E-state index in [1.54, 1.807) is 12.1 Å². The maximum Gasteiger partial charge on any atom is 0.174 e. The van der Waals surface area contributed by atoms with Gasteiger partial charge in [0.1, 0.15) is 65.2 Å². The topological polar surface area (TPSA) is 177 Å². The fraction of sp³-hybridized carbons (Fsp3) is 0.409. The summed E-state index contributed by atoms with van der Waals surface area (Å²) in [5.74, 6) is -1.71. The molecule has 172 valence electrons. The molecule has 0 amide bonds. The Morgan fingerprint density at radius 1 is 0.969 bits per heavy atom. The number of phenolic OH excluding ortho intramolecular Hbond substituents is 3. The van der Waals surface area contributed by atoms with Crippen molar-refractivity contribution >= 4 is 5.78 Å². The number of ketones is 1. The Bertz CT molecular complexity index is 1030. The number of carbonyl (C=O) groups excluding carboxylic acids is 1. The Hall–Kier alpha value is -2.89. The molecule has 0 spiro atoms. The van der Waals surface area contributed by atoms with E-state index in [2.05, 4.69) is 0 Å². The standard InChI is InChI=1S/C22H24O10/c1-8-16(26)14-11(25)6-12(9-2-4-10(24)5-3-9)31-21(14)15(17(8)27)22-20(30)19(29)18(28)13(7-23)32-22/h2-5,12-13,18-20,22-24,26-30H,6-7H2,1H3/t12-,13+,18+,19-,20+,22-/m0/s1. The number of ether oxygens (including phenoxy) is 2. The molecule has 10 nitrogen and oxygen atoms in total. The first-order valence-electron chi connectivity index (χ1n) is 10.0. The van der Waals surface area contributed by atoms with Crippen LogP contribution in [-0.4, -0.2) is 72.6 Å². The molecular weight excluding hydrogens is 424 g/mol. The lowest BCUT2D eigenvalue weighted by molar-refractivity contribution is -0.232. The molecule has 1 saturated heterocycles. The summed E-state index contributed by atoms with van der Waals surface area (Å²) in [6, 6.07) is 5.95. The number of rotatable bonds is 3. The van der Waals surface area contributed by atoms with Crippen LogP contribution < -0.4 is 4.74 Å². The van der Waals surface area contributed by atoms with Crippen LogP contribution in [-0.2, 0) is 4.74 Å². The van der Waals surface area contributed by atoms with Crippen LogP contribution in [0.25, 0.3) is 0 Å². The zero-order valence-electron chi connectivity index (χ0n) is 17.0. The first-order valence-corrected chi connectivity index (χ1v) is 10.0. The normalized spacial score (nSPS) is 30.0. The van der Waals surface area contributed by atoms with Crippen molar-refractivity contribution in [2.45, 2.75) is 50.0 Å². The molecule has 2 heterocycles. The molecule has 2 aromatic carbocycles. The van der Waals surface area contributed by atoms with E-state index in [4.69, 9.17) is 9.47 Å². The monoisotopic (exact) mass is 448 g/mol. The van der Waals surface area contributed by atoms with Gasteiger partial charge < -0.3 is 45.2 Å². The van der Waals surface area contributed by atoms with Crippen LogP contribution in [0.15, 0.2) is 24.3 Å². The zero-order chi connectivity index (χ0) is 23.3. The van der Waals surface area contributed by atoms with Crippen LogP contribution in [0, 0.1) is 6.92 Å². The van der Waals surface area contributed by atoms with Crippen LogP contribution in [0.2, 0.25) is 0 Å². The second-order valence-electron chi connectivity index (χ2n) is 8.01. The largest absolute Gasteiger partial charge is 0.508 e. The van der Waals surface area contributed by atoms with Crippen molar-refractivity contribution in [2.24, 2.45) is 0 Å². The fourth-order valence-corrected chi connectivity index (χ4v) is 4.17. The molecule has 0 aromatic heterocycles. The highest BCUT2D eigenvalue weighted by atomic mass is 16.5.